The van der Waals surface area contributed by atoms with Crippen LogP contribution in [0.15, 0.2) is 36.8 Å². The molecule has 0 spiro atoms. The number of carbonyl (C=O) groups is 1. The van der Waals surface area contributed by atoms with Crippen molar-refractivity contribution in [3.8, 4) is 0 Å². The molecule has 136 valence electrons. The number of rotatable bonds is 3. The van der Waals surface area contributed by atoms with Gasteiger partial charge in [-0.3, -0.25) is 4.79 Å². The number of hydrogen-bond donors (Lipinski definition) is 0. The van der Waals surface area contributed by atoms with Crippen LogP contribution < -0.4 is 9.80 Å². The largest absolute Gasteiger partial charge is 0.353 e. The average Bonchev–Trinajstić information content (AvgIpc) is 2.75. The fourth-order valence-corrected chi connectivity index (χ4v) is 3.60. The zero-order chi connectivity index (χ0) is 17.8. The number of piperazine rings is 1. The first-order valence-electron chi connectivity index (χ1n) is 9.33. The molecule has 2 fully saturated rings. The first-order valence-corrected chi connectivity index (χ1v) is 9.33. The SMILES string of the molecule is O=C(c1cc(N2CCN(c3ccccn3)CC2)ncn1)N1CCCCC1. The molecule has 0 aliphatic carbocycles. The van der Waals surface area contributed by atoms with E-state index in [1.54, 1.807) is 0 Å². The lowest BCUT2D eigenvalue weighted by atomic mass is 10.1. The molecule has 0 unspecified atom stereocenters. The maximum Gasteiger partial charge on any atom is 0.272 e. The van der Waals surface area contributed by atoms with E-state index < -0.39 is 0 Å². The number of amides is 1. The fourth-order valence-electron chi connectivity index (χ4n) is 3.60. The van der Waals surface area contributed by atoms with Crippen molar-refractivity contribution in [2.75, 3.05) is 49.1 Å². The number of likely N-dealkylation sites (tertiary alicyclic amines) is 1. The average molecular weight is 352 g/mol. The fraction of sp³-hybridized carbons (Fsp3) is 0.474. The van der Waals surface area contributed by atoms with E-state index >= 15 is 0 Å². The second kappa shape index (κ2) is 7.68. The van der Waals surface area contributed by atoms with Crippen LogP contribution in [0.2, 0.25) is 0 Å². The van der Waals surface area contributed by atoms with Crippen molar-refractivity contribution in [3.63, 3.8) is 0 Å². The smallest absolute Gasteiger partial charge is 0.272 e. The maximum atomic E-state index is 12.7. The minimum Gasteiger partial charge on any atom is -0.353 e. The van der Waals surface area contributed by atoms with Crippen LogP contribution in [0.25, 0.3) is 0 Å². The summed E-state index contributed by atoms with van der Waals surface area (Å²) in [6, 6.07) is 7.82. The molecule has 7 nitrogen and oxygen atoms in total. The quantitative estimate of drug-likeness (QED) is 0.840. The van der Waals surface area contributed by atoms with Crippen molar-refractivity contribution >= 4 is 17.5 Å². The molecule has 0 radical (unpaired) electrons. The second-order valence-electron chi connectivity index (χ2n) is 6.78. The summed E-state index contributed by atoms with van der Waals surface area (Å²) in [6.45, 7) is 5.14. The lowest BCUT2D eigenvalue weighted by Crippen LogP contribution is -2.47. The number of piperidine rings is 1. The van der Waals surface area contributed by atoms with Crippen molar-refractivity contribution in [2.24, 2.45) is 0 Å². The first-order chi connectivity index (χ1) is 12.8. The molecular formula is C19H24N6O. The van der Waals surface area contributed by atoms with E-state index in [2.05, 4.69) is 24.8 Å². The van der Waals surface area contributed by atoms with Gasteiger partial charge < -0.3 is 14.7 Å². The second-order valence-corrected chi connectivity index (χ2v) is 6.78. The number of anilines is 2. The Bertz CT molecular complexity index is 739. The van der Waals surface area contributed by atoms with Crippen molar-refractivity contribution in [1.29, 1.82) is 0 Å². The number of hydrogen-bond acceptors (Lipinski definition) is 6. The molecule has 4 rings (SSSR count). The molecule has 26 heavy (non-hydrogen) atoms. The molecule has 0 bridgehead atoms. The highest BCUT2D eigenvalue weighted by Crippen LogP contribution is 2.19. The normalized spacial score (nSPS) is 18.1. The topological polar surface area (TPSA) is 65.5 Å². The van der Waals surface area contributed by atoms with Crippen LogP contribution in [0.1, 0.15) is 29.8 Å². The number of carbonyl (C=O) groups excluding carboxylic acids is 1. The third-order valence-corrected chi connectivity index (χ3v) is 5.09. The van der Waals surface area contributed by atoms with Gasteiger partial charge in [-0.2, -0.15) is 0 Å². The summed E-state index contributed by atoms with van der Waals surface area (Å²) < 4.78 is 0. The van der Waals surface area contributed by atoms with E-state index in [4.69, 9.17) is 0 Å². The number of nitrogens with zero attached hydrogens (tertiary/aromatic N) is 6. The van der Waals surface area contributed by atoms with Gasteiger partial charge in [0.1, 0.15) is 23.7 Å². The molecule has 1 amide bonds. The van der Waals surface area contributed by atoms with Crippen molar-refractivity contribution in [3.05, 3.63) is 42.5 Å². The predicted molar refractivity (Wildman–Crippen MR) is 100 cm³/mol. The van der Waals surface area contributed by atoms with Crippen LogP contribution in [-0.2, 0) is 0 Å². The molecule has 0 aromatic carbocycles. The Morgan fingerprint density at radius 3 is 2.23 bits per heavy atom. The van der Waals surface area contributed by atoms with Crippen LogP contribution in [0, 0.1) is 0 Å². The molecule has 2 saturated heterocycles. The molecule has 7 heteroatoms. The van der Waals surface area contributed by atoms with Crippen LogP contribution >= 0.6 is 0 Å². The van der Waals surface area contributed by atoms with Gasteiger partial charge in [-0.1, -0.05) is 6.07 Å². The van der Waals surface area contributed by atoms with Gasteiger partial charge in [-0.05, 0) is 31.4 Å². The third kappa shape index (κ3) is 3.61. The Labute approximate surface area is 153 Å². The van der Waals surface area contributed by atoms with Gasteiger partial charge in [0.2, 0.25) is 0 Å². The summed E-state index contributed by atoms with van der Waals surface area (Å²) in [4.78, 5) is 32.1. The Morgan fingerprint density at radius 1 is 0.808 bits per heavy atom. The Balaban J connectivity index is 1.42. The lowest BCUT2D eigenvalue weighted by Gasteiger charge is -2.36. The van der Waals surface area contributed by atoms with Gasteiger partial charge in [0.15, 0.2) is 0 Å². The van der Waals surface area contributed by atoms with Gasteiger partial charge >= 0.3 is 0 Å². The highest BCUT2D eigenvalue weighted by molar-refractivity contribution is 5.93. The van der Waals surface area contributed by atoms with E-state index in [-0.39, 0.29) is 5.91 Å². The Morgan fingerprint density at radius 2 is 1.54 bits per heavy atom. The van der Waals surface area contributed by atoms with Crippen LogP contribution in [0.3, 0.4) is 0 Å². The Hall–Kier alpha value is -2.70. The molecule has 0 saturated carbocycles. The van der Waals surface area contributed by atoms with Gasteiger partial charge in [0.25, 0.3) is 5.91 Å². The first kappa shape index (κ1) is 16.8. The summed E-state index contributed by atoms with van der Waals surface area (Å²) in [5.41, 5.74) is 0.504. The molecule has 2 aliphatic heterocycles. The highest BCUT2D eigenvalue weighted by Gasteiger charge is 2.23. The van der Waals surface area contributed by atoms with Crippen molar-refractivity contribution < 1.29 is 4.79 Å². The summed E-state index contributed by atoms with van der Waals surface area (Å²) in [5.74, 6) is 1.87. The molecule has 0 atom stereocenters. The van der Waals surface area contributed by atoms with Crippen molar-refractivity contribution in [1.82, 2.24) is 19.9 Å². The lowest BCUT2D eigenvalue weighted by molar-refractivity contribution is 0.0718. The zero-order valence-electron chi connectivity index (χ0n) is 14.9. The third-order valence-electron chi connectivity index (χ3n) is 5.09. The monoisotopic (exact) mass is 352 g/mol. The molecule has 2 aromatic rings. The maximum absolute atomic E-state index is 12.7. The Kier molecular flexibility index (Phi) is 4.95. The van der Waals surface area contributed by atoms with Crippen LogP contribution in [0.4, 0.5) is 11.6 Å². The summed E-state index contributed by atoms with van der Waals surface area (Å²) >= 11 is 0. The van der Waals surface area contributed by atoms with Gasteiger partial charge in [-0.15, -0.1) is 0 Å². The standard InChI is InChI=1S/C19H24N6O/c26-19(25-8-4-1-5-9-25)16-14-18(22-15-21-16)24-12-10-23(11-13-24)17-6-2-3-7-20-17/h2-3,6-7,14-15H,1,4-5,8-13H2. The van der Waals surface area contributed by atoms with E-state index in [0.29, 0.717) is 5.69 Å². The zero-order valence-corrected chi connectivity index (χ0v) is 14.9. The predicted octanol–water partition coefficient (Wildman–Crippen LogP) is 1.82. The summed E-state index contributed by atoms with van der Waals surface area (Å²) in [7, 11) is 0. The summed E-state index contributed by atoms with van der Waals surface area (Å²) in [6.07, 6.45) is 6.71. The molecule has 2 aliphatic rings. The van der Waals surface area contributed by atoms with Gasteiger partial charge in [-0.25, -0.2) is 15.0 Å². The van der Waals surface area contributed by atoms with E-state index in [1.165, 1.54) is 12.7 Å². The molecular weight excluding hydrogens is 328 g/mol. The minimum absolute atomic E-state index is 0.0282. The number of pyridine rings is 1. The van der Waals surface area contributed by atoms with Crippen LogP contribution in [-0.4, -0.2) is 65.0 Å². The van der Waals surface area contributed by atoms with E-state index in [0.717, 1.165) is 63.7 Å². The van der Waals surface area contributed by atoms with E-state index in [9.17, 15) is 4.79 Å². The molecule has 2 aromatic heterocycles. The number of aromatic nitrogens is 3. The van der Waals surface area contributed by atoms with Gasteiger partial charge in [0.05, 0.1) is 0 Å². The van der Waals surface area contributed by atoms with Crippen molar-refractivity contribution in [2.45, 2.75) is 19.3 Å². The van der Waals surface area contributed by atoms with E-state index in [1.807, 2.05) is 35.4 Å². The summed E-state index contributed by atoms with van der Waals surface area (Å²) in [5, 5.41) is 0. The van der Waals surface area contributed by atoms with Gasteiger partial charge in [0, 0.05) is 51.5 Å². The molecule has 4 heterocycles. The molecule has 0 N–H and O–H groups in total. The van der Waals surface area contributed by atoms with Crippen LogP contribution in [0.5, 0.6) is 0 Å². The minimum atomic E-state index is 0.0282. The highest BCUT2D eigenvalue weighted by atomic mass is 16.2.